The minimum absolute atomic E-state index is 0.161. The van der Waals surface area contributed by atoms with Gasteiger partial charge in [0.15, 0.2) is 11.6 Å². The zero-order valence-electron chi connectivity index (χ0n) is 23.1. The van der Waals surface area contributed by atoms with Gasteiger partial charge >= 0.3 is 12.1 Å². The lowest BCUT2D eigenvalue weighted by molar-refractivity contribution is -0.142. The molecular formula is C32H37F4NO3. The highest BCUT2D eigenvalue weighted by molar-refractivity contribution is 5.71. The lowest BCUT2D eigenvalue weighted by Gasteiger charge is -2.46. The second kappa shape index (κ2) is 10.0. The Bertz CT molecular complexity index is 1290. The largest absolute Gasteiger partial charge is 0.484 e. The highest BCUT2D eigenvalue weighted by Crippen LogP contribution is 2.51. The number of ether oxygens (including phenoxy) is 1. The van der Waals surface area contributed by atoms with Crippen molar-refractivity contribution in [3.05, 3.63) is 64.0 Å². The van der Waals surface area contributed by atoms with E-state index in [1.165, 1.54) is 12.1 Å². The van der Waals surface area contributed by atoms with Gasteiger partial charge in [-0.1, -0.05) is 25.1 Å². The number of alkyl halides is 3. The summed E-state index contributed by atoms with van der Waals surface area (Å²) in [6.07, 6.45) is 2.24. The number of carboxylic acids is 1. The van der Waals surface area contributed by atoms with Gasteiger partial charge in [-0.25, -0.2) is 4.39 Å². The second-order valence-electron chi connectivity index (χ2n) is 12.6. The van der Waals surface area contributed by atoms with Crippen molar-refractivity contribution in [3.8, 4) is 5.75 Å². The molecule has 3 atom stereocenters. The lowest BCUT2D eigenvalue weighted by Crippen LogP contribution is -2.50. The summed E-state index contributed by atoms with van der Waals surface area (Å²) in [6.45, 7) is 4.95. The highest BCUT2D eigenvalue weighted by atomic mass is 19.4. The number of likely N-dealkylation sites (tertiary alicyclic amines) is 1. The SMILES string of the molecule is CC(c1cc(C(F)(F)F)ccc1C1CC1)N1CCC2(CCc3ccc(C(C4CC4)[C@H](C)C(=O)O)c(F)c3O2)CC1. The fraction of sp³-hybridized carbons (Fsp3) is 0.594. The number of nitrogens with zero attached hydrogens (tertiary/aromatic N) is 1. The molecule has 3 fully saturated rings. The van der Waals surface area contributed by atoms with E-state index in [1.807, 2.05) is 13.0 Å². The molecule has 6 rings (SSSR count). The summed E-state index contributed by atoms with van der Waals surface area (Å²) < 4.78 is 63.1. The Kier molecular flexibility index (Phi) is 6.91. The Morgan fingerprint density at radius 1 is 1.02 bits per heavy atom. The molecule has 216 valence electrons. The maximum atomic E-state index is 16.0. The second-order valence-corrected chi connectivity index (χ2v) is 12.6. The average molecular weight is 560 g/mol. The number of carbonyl (C=O) groups is 1. The first kappa shape index (κ1) is 27.6. The van der Waals surface area contributed by atoms with Crippen LogP contribution in [0.1, 0.15) is 104 Å². The first-order chi connectivity index (χ1) is 19.0. The first-order valence-electron chi connectivity index (χ1n) is 14.7. The molecule has 2 saturated carbocycles. The molecule has 0 bridgehead atoms. The molecule has 4 aliphatic rings. The summed E-state index contributed by atoms with van der Waals surface area (Å²) >= 11 is 0. The summed E-state index contributed by atoms with van der Waals surface area (Å²) in [5.41, 5.74) is 1.92. The standard InChI is InChI=1S/C32H37F4NO3/c1-18(30(38)39)27(21-5-6-21)25-9-7-22-11-12-31(40-29(22)28(25)33)13-15-37(16-14-31)19(2)26-17-23(32(34,35)36)8-10-24(26)20-3-4-20/h7-10,17-21,27H,3-6,11-16H2,1-2H3,(H,38,39)/t18-,19?,27?/m0/s1. The summed E-state index contributed by atoms with van der Waals surface area (Å²) in [5, 5.41) is 9.66. The quantitative estimate of drug-likeness (QED) is 0.351. The third kappa shape index (κ3) is 5.12. The Morgan fingerprint density at radius 2 is 1.73 bits per heavy atom. The molecule has 40 heavy (non-hydrogen) atoms. The molecule has 1 spiro atoms. The van der Waals surface area contributed by atoms with Crippen LogP contribution in [0.2, 0.25) is 0 Å². The lowest BCUT2D eigenvalue weighted by atomic mass is 9.79. The van der Waals surface area contributed by atoms with E-state index >= 15 is 4.39 Å². The molecular weight excluding hydrogens is 522 g/mol. The monoisotopic (exact) mass is 559 g/mol. The summed E-state index contributed by atoms with van der Waals surface area (Å²) in [6, 6.07) is 7.70. The van der Waals surface area contributed by atoms with Crippen molar-refractivity contribution in [1.82, 2.24) is 4.90 Å². The molecule has 2 aromatic carbocycles. The van der Waals surface area contributed by atoms with Gasteiger partial charge in [-0.15, -0.1) is 0 Å². The number of rotatable bonds is 7. The predicted molar refractivity (Wildman–Crippen MR) is 143 cm³/mol. The predicted octanol–water partition coefficient (Wildman–Crippen LogP) is 7.86. The van der Waals surface area contributed by atoms with Crippen molar-refractivity contribution < 1.29 is 32.2 Å². The van der Waals surface area contributed by atoms with Gasteiger partial charge in [-0.05, 0) is 105 Å². The zero-order chi connectivity index (χ0) is 28.4. The molecule has 1 N–H and O–H groups in total. The van der Waals surface area contributed by atoms with E-state index in [1.54, 1.807) is 19.1 Å². The van der Waals surface area contributed by atoms with Crippen LogP contribution in [0.25, 0.3) is 0 Å². The number of benzene rings is 2. The molecule has 2 aliphatic heterocycles. The summed E-state index contributed by atoms with van der Waals surface area (Å²) in [4.78, 5) is 14.0. The van der Waals surface area contributed by atoms with Crippen LogP contribution in [0.15, 0.2) is 30.3 Å². The van der Waals surface area contributed by atoms with Crippen LogP contribution in [0.4, 0.5) is 17.6 Å². The fourth-order valence-electron chi connectivity index (χ4n) is 7.09. The normalized spacial score (nSPS) is 23.2. The van der Waals surface area contributed by atoms with Gasteiger partial charge in [0.25, 0.3) is 0 Å². The number of fused-ring (bicyclic) bond motifs is 1. The number of aliphatic carboxylic acids is 1. The maximum absolute atomic E-state index is 16.0. The van der Waals surface area contributed by atoms with Crippen molar-refractivity contribution in [3.63, 3.8) is 0 Å². The molecule has 2 heterocycles. The van der Waals surface area contributed by atoms with E-state index in [9.17, 15) is 23.1 Å². The van der Waals surface area contributed by atoms with Crippen molar-refractivity contribution in [2.45, 2.75) is 94.9 Å². The summed E-state index contributed by atoms with van der Waals surface area (Å²) in [5.74, 6) is -1.61. The minimum atomic E-state index is -4.38. The van der Waals surface area contributed by atoms with E-state index in [-0.39, 0.29) is 23.6 Å². The van der Waals surface area contributed by atoms with Gasteiger partial charge < -0.3 is 9.84 Å². The van der Waals surface area contributed by atoms with Crippen molar-refractivity contribution in [2.75, 3.05) is 13.1 Å². The van der Waals surface area contributed by atoms with E-state index < -0.39 is 35.0 Å². The number of hydrogen-bond donors (Lipinski definition) is 1. The third-order valence-corrected chi connectivity index (χ3v) is 9.93. The van der Waals surface area contributed by atoms with Gasteiger partial charge in [0.05, 0.1) is 11.5 Å². The first-order valence-corrected chi connectivity index (χ1v) is 14.7. The van der Waals surface area contributed by atoms with Crippen LogP contribution in [0.5, 0.6) is 5.75 Å². The topological polar surface area (TPSA) is 49.8 Å². The van der Waals surface area contributed by atoms with Crippen LogP contribution < -0.4 is 4.74 Å². The van der Waals surface area contributed by atoms with Crippen LogP contribution in [-0.4, -0.2) is 34.7 Å². The number of carboxylic acid groups (broad SMARTS) is 1. The highest BCUT2D eigenvalue weighted by Gasteiger charge is 2.45. The number of hydrogen-bond acceptors (Lipinski definition) is 3. The molecule has 2 unspecified atom stereocenters. The van der Waals surface area contributed by atoms with E-state index in [2.05, 4.69) is 4.90 Å². The minimum Gasteiger partial charge on any atom is -0.484 e. The van der Waals surface area contributed by atoms with Crippen LogP contribution >= 0.6 is 0 Å². The molecule has 0 amide bonds. The molecule has 0 radical (unpaired) electrons. The fourth-order valence-corrected chi connectivity index (χ4v) is 7.09. The molecule has 8 heteroatoms. The van der Waals surface area contributed by atoms with Crippen molar-refractivity contribution in [2.24, 2.45) is 11.8 Å². The number of halogens is 4. The Balaban J connectivity index is 1.20. The molecule has 0 aromatic heterocycles. The van der Waals surface area contributed by atoms with Gasteiger partial charge in [-0.3, -0.25) is 9.69 Å². The van der Waals surface area contributed by atoms with E-state index in [0.717, 1.165) is 48.8 Å². The Morgan fingerprint density at radius 3 is 2.33 bits per heavy atom. The third-order valence-electron chi connectivity index (χ3n) is 9.93. The van der Waals surface area contributed by atoms with Gasteiger partial charge in [0.2, 0.25) is 0 Å². The van der Waals surface area contributed by atoms with Crippen molar-refractivity contribution >= 4 is 5.97 Å². The van der Waals surface area contributed by atoms with Gasteiger partial charge in [-0.2, -0.15) is 13.2 Å². The maximum Gasteiger partial charge on any atom is 0.416 e. The van der Waals surface area contributed by atoms with E-state index in [0.29, 0.717) is 43.8 Å². The van der Waals surface area contributed by atoms with Crippen LogP contribution in [0.3, 0.4) is 0 Å². The van der Waals surface area contributed by atoms with Crippen LogP contribution in [-0.2, 0) is 17.4 Å². The molecule has 1 saturated heterocycles. The van der Waals surface area contributed by atoms with Crippen molar-refractivity contribution in [1.29, 1.82) is 0 Å². The average Bonchev–Trinajstić information content (AvgIpc) is 3.84. The zero-order valence-corrected chi connectivity index (χ0v) is 23.1. The smallest absolute Gasteiger partial charge is 0.416 e. The summed E-state index contributed by atoms with van der Waals surface area (Å²) in [7, 11) is 0. The molecule has 4 nitrogen and oxygen atoms in total. The van der Waals surface area contributed by atoms with Crippen LogP contribution in [0, 0.1) is 17.7 Å². The molecule has 2 aromatic rings. The van der Waals surface area contributed by atoms with E-state index in [4.69, 9.17) is 4.74 Å². The number of aryl methyl sites for hydroxylation is 1. The van der Waals surface area contributed by atoms with Gasteiger partial charge in [0, 0.05) is 25.0 Å². The molecule has 2 aliphatic carbocycles. The Hall–Kier alpha value is -2.61. The number of piperidine rings is 1. The van der Waals surface area contributed by atoms with Gasteiger partial charge in [0.1, 0.15) is 5.60 Å². The Labute approximate surface area is 232 Å².